The fourth-order valence-corrected chi connectivity index (χ4v) is 2.91. The van der Waals surface area contributed by atoms with Crippen LogP contribution in [0.5, 0.6) is 5.75 Å². The summed E-state index contributed by atoms with van der Waals surface area (Å²) in [6, 6.07) is 13.3. The van der Waals surface area contributed by atoms with E-state index in [4.69, 9.17) is 4.74 Å². The van der Waals surface area contributed by atoms with Crippen LogP contribution in [0.1, 0.15) is 25.3 Å². The highest BCUT2D eigenvalue weighted by Crippen LogP contribution is 2.34. The molecule has 1 saturated carbocycles. The molecule has 3 aromatic rings. The molecular formula is C20H18N4O2. The monoisotopic (exact) mass is 346 g/mol. The Kier molecular flexibility index (Phi) is 4.05. The molecule has 26 heavy (non-hydrogen) atoms. The average Bonchev–Trinajstić information content (AvgIpc) is 3.37. The first-order valence-electron chi connectivity index (χ1n) is 8.57. The molecular weight excluding hydrogens is 328 g/mol. The van der Waals surface area contributed by atoms with Gasteiger partial charge in [0.1, 0.15) is 17.5 Å². The number of aromatic amines is 1. The summed E-state index contributed by atoms with van der Waals surface area (Å²) in [4.78, 5) is 11.3. The van der Waals surface area contributed by atoms with Gasteiger partial charge in [0.2, 0.25) is 5.91 Å². The normalized spacial score (nSPS) is 13.4. The quantitative estimate of drug-likeness (QED) is 0.734. The predicted octanol–water partition coefficient (Wildman–Crippen LogP) is 3.85. The van der Waals surface area contributed by atoms with E-state index < -0.39 is 0 Å². The number of hydrogen-bond donors (Lipinski definition) is 2. The van der Waals surface area contributed by atoms with Crippen molar-refractivity contribution in [2.24, 2.45) is 5.92 Å². The van der Waals surface area contributed by atoms with E-state index in [1.807, 2.05) is 30.3 Å². The van der Waals surface area contributed by atoms with Crippen molar-refractivity contribution in [2.75, 3.05) is 11.9 Å². The summed E-state index contributed by atoms with van der Waals surface area (Å²) in [7, 11) is 0. The van der Waals surface area contributed by atoms with Crippen molar-refractivity contribution < 1.29 is 9.53 Å². The lowest BCUT2D eigenvalue weighted by Crippen LogP contribution is -2.05. The lowest BCUT2D eigenvalue weighted by molar-refractivity contribution is -0.114. The number of carbonyl (C=O) groups excluding carboxylic acids is 1. The molecule has 4 rings (SSSR count). The number of amides is 1. The van der Waals surface area contributed by atoms with Gasteiger partial charge < -0.3 is 10.1 Å². The van der Waals surface area contributed by atoms with Gasteiger partial charge in [0.15, 0.2) is 0 Å². The molecule has 2 aromatic carbocycles. The standard InChI is InChI=1S/C20H18N4O2/c1-12(25)22-16-4-2-3-14(7-16)20-17-9-19(26-11-13-5-6-13)15(10-21)8-18(17)23-24-20/h2-4,7-9,13H,5-6,11H2,1H3,(H,22,25)(H,23,24). The van der Waals surface area contributed by atoms with Gasteiger partial charge in [-0.15, -0.1) is 0 Å². The van der Waals surface area contributed by atoms with Crippen LogP contribution in [0.15, 0.2) is 36.4 Å². The zero-order valence-corrected chi connectivity index (χ0v) is 14.4. The van der Waals surface area contributed by atoms with E-state index in [0.717, 1.165) is 22.2 Å². The van der Waals surface area contributed by atoms with Crippen LogP contribution < -0.4 is 10.1 Å². The molecule has 0 spiro atoms. The van der Waals surface area contributed by atoms with E-state index >= 15 is 0 Å². The molecule has 0 bridgehead atoms. The van der Waals surface area contributed by atoms with E-state index in [9.17, 15) is 10.1 Å². The van der Waals surface area contributed by atoms with E-state index in [0.29, 0.717) is 29.5 Å². The lowest BCUT2D eigenvalue weighted by Gasteiger charge is -2.08. The summed E-state index contributed by atoms with van der Waals surface area (Å²) in [6.45, 7) is 2.12. The Bertz CT molecular complexity index is 1030. The molecule has 0 aliphatic heterocycles. The number of nitrogens with one attached hydrogen (secondary N) is 2. The zero-order chi connectivity index (χ0) is 18.1. The number of benzene rings is 2. The fourth-order valence-electron chi connectivity index (χ4n) is 2.91. The molecule has 6 nitrogen and oxygen atoms in total. The number of nitriles is 1. The van der Waals surface area contributed by atoms with E-state index in [1.165, 1.54) is 19.8 Å². The maximum Gasteiger partial charge on any atom is 0.221 e. The van der Waals surface area contributed by atoms with E-state index in [-0.39, 0.29) is 5.91 Å². The van der Waals surface area contributed by atoms with Crippen LogP contribution in [0, 0.1) is 17.2 Å². The minimum atomic E-state index is -0.122. The summed E-state index contributed by atoms with van der Waals surface area (Å²) < 4.78 is 5.88. The van der Waals surface area contributed by atoms with Gasteiger partial charge in [-0.05, 0) is 43.0 Å². The summed E-state index contributed by atoms with van der Waals surface area (Å²) in [5.41, 5.74) is 3.62. The number of aromatic nitrogens is 2. The molecule has 2 N–H and O–H groups in total. The fraction of sp³-hybridized carbons (Fsp3) is 0.250. The first kappa shape index (κ1) is 16.2. The zero-order valence-electron chi connectivity index (χ0n) is 14.4. The minimum Gasteiger partial charge on any atom is -0.492 e. The molecule has 1 heterocycles. The number of ether oxygens (including phenoxy) is 1. The maximum absolute atomic E-state index is 11.3. The topological polar surface area (TPSA) is 90.8 Å². The van der Waals surface area contributed by atoms with Gasteiger partial charge in [-0.2, -0.15) is 10.4 Å². The molecule has 130 valence electrons. The van der Waals surface area contributed by atoms with Crippen molar-refractivity contribution in [3.05, 3.63) is 42.0 Å². The molecule has 0 saturated heterocycles. The van der Waals surface area contributed by atoms with Crippen LogP contribution in [-0.2, 0) is 4.79 Å². The summed E-state index contributed by atoms with van der Waals surface area (Å²) in [6.07, 6.45) is 2.38. The summed E-state index contributed by atoms with van der Waals surface area (Å²) in [5.74, 6) is 1.08. The van der Waals surface area contributed by atoms with Gasteiger partial charge in [-0.25, -0.2) is 0 Å². The number of H-pyrrole nitrogens is 1. The Morgan fingerprint density at radius 2 is 2.23 bits per heavy atom. The molecule has 1 aromatic heterocycles. The average molecular weight is 346 g/mol. The number of nitrogens with zero attached hydrogens (tertiary/aromatic N) is 2. The largest absolute Gasteiger partial charge is 0.492 e. The van der Waals surface area contributed by atoms with Crippen LogP contribution in [0.4, 0.5) is 5.69 Å². The van der Waals surface area contributed by atoms with Crippen molar-refractivity contribution in [3.63, 3.8) is 0 Å². The van der Waals surface area contributed by atoms with E-state index in [2.05, 4.69) is 21.6 Å². The lowest BCUT2D eigenvalue weighted by atomic mass is 10.0. The molecule has 0 atom stereocenters. The molecule has 0 unspecified atom stereocenters. The number of anilines is 1. The number of carbonyl (C=O) groups is 1. The number of rotatable bonds is 5. The van der Waals surface area contributed by atoms with Gasteiger partial charge in [0.25, 0.3) is 0 Å². The number of fused-ring (bicyclic) bond motifs is 1. The third-order valence-corrected chi connectivity index (χ3v) is 4.41. The second-order valence-electron chi connectivity index (χ2n) is 6.59. The second kappa shape index (κ2) is 6.52. The highest BCUT2D eigenvalue weighted by atomic mass is 16.5. The molecule has 6 heteroatoms. The Labute approximate surface area is 150 Å². The highest BCUT2D eigenvalue weighted by Gasteiger charge is 2.23. The van der Waals surface area contributed by atoms with Crippen molar-refractivity contribution >= 4 is 22.5 Å². The second-order valence-corrected chi connectivity index (χ2v) is 6.59. The molecule has 1 amide bonds. The van der Waals surface area contributed by atoms with Crippen molar-refractivity contribution in [3.8, 4) is 23.1 Å². The molecule has 1 aliphatic carbocycles. The maximum atomic E-state index is 11.3. The molecule has 1 aliphatic rings. The van der Waals surface area contributed by atoms with Gasteiger partial charge >= 0.3 is 0 Å². The third-order valence-electron chi connectivity index (χ3n) is 4.41. The summed E-state index contributed by atoms with van der Waals surface area (Å²) in [5, 5.41) is 20.5. The molecule has 1 fully saturated rings. The summed E-state index contributed by atoms with van der Waals surface area (Å²) >= 11 is 0. The van der Waals surface area contributed by atoms with Crippen molar-refractivity contribution in [2.45, 2.75) is 19.8 Å². The first-order chi connectivity index (χ1) is 12.6. The van der Waals surface area contributed by atoms with Crippen LogP contribution in [0.2, 0.25) is 0 Å². The van der Waals surface area contributed by atoms with Crippen LogP contribution >= 0.6 is 0 Å². The Morgan fingerprint density at radius 3 is 2.96 bits per heavy atom. The Balaban J connectivity index is 1.74. The molecule has 0 radical (unpaired) electrons. The predicted molar refractivity (Wildman–Crippen MR) is 98.8 cm³/mol. The van der Waals surface area contributed by atoms with Gasteiger partial charge in [-0.3, -0.25) is 9.89 Å². The van der Waals surface area contributed by atoms with Gasteiger partial charge in [-0.1, -0.05) is 12.1 Å². The number of hydrogen-bond acceptors (Lipinski definition) is 4. The van der Waals surface area contributed by atoms with Crippen molar-refractivity contribution in [1.82, 2.24) is 10.2 Å². The SMILES string of the molecule is CC(=O)Nc1cccc(-c2n[nH]c3cc(C#N)c(OCC4CC4)cc23)c1. The van der Waals surface area contributed by atoms with Crippen molar-refractivity contribution in [1.29, 1.82) is 5.26 Å². The Hall–Kier alpha value is -3.33. The smallest absolute Gasteiger partial charge is 0.221 e. The van der Waals surface area contributed by atoms with Crippen LogP contribution in [0.3, 0.4) is 0 Å². The van der Waals surface area contributed by atoms with Crippen LogP contribution in [-0.4, -0.2) is 22.7 Å². The van der Waals surface area contributed by atoms with Crippen LogP contribution in [0.25, 0.3) is 22.2 Å². The van der Waals surface area contributed by atoms with Gasteiger partial charge in [0.05, 0.1) is 17.7 Å². The minimum absolute atomic E-state index is 0.122. The van der Waals surface area contributed by atoms with E-state index in [1.54, 1.807) is 6.07 Å². The third kappa shape index (κ3) is 3.24. The Morgan fingerprint density at radius 1 is 1.38 bits per heavy atom. The van der Waals surface area contributed by atoms with Gasteiger partial charge in [0, 0.05) is 23.6 Å². The highest BCUT2D eigenvalue weighted by molar-refractivity contribution is 5.96. The first-order valence-corrected chi connectivity index (χ1v) is 8.57.